The lowest BCUT2D eigenvalue weighted by Crippen LogP contribution is -2.39. The lowest BCUT2D eigenvalue weighted by molar-refractivity contribution is -0.131. The minimum Gasteiger partial charge on any atom is -0.393 e. The zero-order chi connectivity index (χ0) is 14.1. The summed E-state index contributed by atoms with van der Waals surface area (Å²) in [6.45, 7) is 1.36. The lowest BCUT2D eigenvalue weighted by Gasteiger charge is -2.21. The van der Waals surface area contributed by atoms with E-state index in [4.69, 9.17) is 18.0 Å². The Morgan fingerprint density at radius 1 is 1.22 bits per heavy atom. The fourth-order valence-electron chi connectivity index (χ4n) is 1.25. The number of hydrogen-bond donors (Lipinski definition) is 2. The van der Waals surface area contributed by atoms with Crippen molar-refractivity contribution in [2.45, 2.75) is 12.8 Å². The Bertz CT molecular complexity index is 309. The topological polar surface area (TPSA) is 78.7 Å². The molecular formula is C11H22N4O2S. The van der Waals surface area contributed by atoms with Gasteiger partial charge in [-0.2, -0.15) is 0 Å². The zero-order valence-electron chi connectivity index (χ0n) is 11.2. The molecule has 0 heterocycles. The van der Waals surface area contributed by atoms with E-state index < -0.39 is 0 Å². The van der Waals surface area contributed by atoms with Gasteiger partial charge < -0.3 is 16.0 Å². The van der Waals surface area contributed by atoms with Crippen LogP contribution in [0.15, 0.2) is 0 Å². The number of rotatable bonds is 8. The maximum Gasteiger partial charge on any atom is 0.236 e. The molecule has 0 unspecified atom stereocenters. The van der Waals surface area contributed by atoms with Crippen LogP contribution in [0.3, 0.4) is 0 Å². The predicted molar refractivity (Wildman–Crippen MR) is 75.2 cm³/mol. The van der Waals surface area contributed by atoms with Crippen molar-refractivity contribution < 1.29 is 9.59 Å². The molecule has 0 saturated carbocycles. The van der Waals surface area contributed by atoms with Crippen molar-refractivity contribution in [3.63, 3.8) is 0 Å². The largest absolute Gasteiger partial charge is 0.393 e. The maximum atomic E-state index is 11.8. The van der Waals surface area contributed by atoms with Crippen LogP contribution in [0.2, 0.25) is 0 Å². The molecular weight excluding hydrogens is 252 g/mol. The van der Waals surface area contributed by atoms with E-state index in [0.717, 1.165) is 0 Å². The van der Waals surface area contributed by atoms with Gasteiger partial charge in [0.15, 0.2) is 0 Å². The van der Waals surface area contributed by atoms with Gasteiger partial charge in [-0.3, -0.25) is 14.5 Å². The van der Waals surface area contributed by atoms with Gasteiger partial charge in [0.1, 0.15) is 0 Å². The van der Waals surface area contributed by atoms with Crippen LogP contribution in [0.5, 0.6) is 0 Å². The second-order valence-corrected chi connectivity index (χ2v) is 4.72. The molecule has 0 aromatic rings. The average molecular weight is 274 g/mol. The molecule has 0 saturated heterocycles. The van der Waals surface area contributed by atoms with E-state index in [1.54, 1.807) is 19.0 Å². The highest BCUT2D eigenvalue weighted by Gasteiger charge is 2.12. The predicted octanol–water partition coefficient (Wildman–Crippen LogP) is -0.811. The molecule has 104 valence electrons. The van der Waals surface area contributed by atoms with E-state index in [-0.39, 0.29) is 18.4 Å². The van der Waals surface area contributed by atoms with Crippen molar-refractivity contribution in [2.75, 3.05) is 40.8 Å². The number of nitrogens with one attached hydrogen (secondary N) is 1. The summed E-state index contributed by atoms with van der Waals surface area (Å²) in [5.74, 6) is -0.0400. The van der Waals surface area contributed by atoms with Crippen LogP contribution >= 0.6 is 12.2 Å². The summed E-state index contributed by atoms with van der Waals surface area (Å²) in [6.07, 6.45) is 0.913. The van der Waals surface area contributed by atoms with E-state index in [1.807, 2.05) is 11.9 Å². The van der Waals surface area contributed by atoms with Crippen LogP contribution in [-0.2, 0) is 9.59 Å². The van der Waals surface area contributed by atoms with Gasteiger partial charge in [0.2, 0.25) is 11.8 Å². The number of nitrogens with zero attached hydrogens (tertiary/aromatic N) is 2. The number of nitrogens with two attached hydrogens (primary N) is 1. The smallest absolute Gasteiger partial charge is 0.236 e. The first kappa shape index (κ1) is 16.8. The summed E-state index contributed by atoms with van der Waals surface area (Å²) in [7, 11) is 5.12. The van der Waals surface area contributed by atoms with E-state index in [2.05, 4.69) is 5.32 Å². The van der Waals surface area contributed by atoms with Crippen LogP contribution < -0.4 is 11.1 Å². The summed E-state index contributed by atoms with van der Waals surface area (Å²) in [4.78, 5) is 26.6. The van der Waals surface area contributed by atoms with Crippen molar-refractivity contribution in [3.05, 3.63) is 0 Å². The second kappa shape index (κ2) is 8.82. The third kappa shape index (κ3) is 7.97. The van der Waals surface area contributed by atoms with Crippen molar-refractivity contribution >= 4 is 29.0 Å². The molecule has 18 heavy (non-hydrogen) atoms. The van der Waals surface area contributed by atoms with Gasteiger partial charge in [0.05, 0.1) is 11.5 Å². The van der Waals surface area contributed by atoms with Gasteiger partial charge in [0.25, 0.3) is 0 Å². The first-order valence-corrected chi connectivity index (χ1v) is 6.19. The molecule has 0 fully saturated rings. The van der Waals surface area contributed by atoms with Crippen molar-refractivity contribution in [2.24, 2.45) is 5.73 Å². The number of carbonyl (C=O) groups excluding carboxylic acids is 2. The van der Waals surface area contributed by atoms with Crippen LogP contribution in [0.4, 0.5) is 0 Å². The highest BCUT2D eigenvalue weighted by molar-refractivity contribution is 7.80. The fourth-order valence-corrected chi connectivity index (χ4v) is 1.34. The second-order valence-electron chi connectivity index (χ2n) is 4.19. The van der Waals surface area contributed by atoms with Gasteiger partial charge in [-0.05, 0) is 7.05 Å². The van der Waals surface area contributed by atoms with Gasteiger partial charge >= 0.3 is 0 Å². The van der Waals surface area contributed by atoms with E-state index in [1.165, 1.54) is 0 Å². The third-order valence-electron chi connectivity index (χ3n) is 2.52. The van der Waals surface area contributed by atoms with Crippen LogP contribution in [0.25, 0.3) is 0 Å². The molecule has 2 amide bonds. The standard InChI is InChI=1S/C11H22N4O2S/c1-13-10(16)5-6-14(2)8-11(17)15(3)7-4-9(12)18/h4-8H2,1-3H3,(H2,12,18)(H,13,16). The summed E-state index contributed by atoms with van der Waals surface area (Å²) in [5.41, 5.74) is 5.38. The Morgan fingerprint density at radius 3 is 2.33 bits per heavy atom. The molecule has 0 rings (SSSR count). The van der Waals surface area contributed by atoms with E-state index in [9.17, 15) is 9.59 Å². The van der Waals surface area contributed by atoms with E-state index in [0.29, 0.717) is 30.9 Å². The molecule has 0 bridgehead atoms. The highest BCUT2D eigenvalue weighted by atomic mass is 32.1. The first-order chi connectivity index (χ1) is 8.36. The Hall–Kier alpha value is -1.21. The third-order valence-corrected chi connectivity index (χ3v) is 2.73. The van der Waals surface area contributed by atoms with Gasteiger partial charge in [0, 0.05) is 40.0 Å². The molecule has 0 aliphatic carbocycles. The van der Waals surface area contributed by atoms with Crippen LogP contribution in [0, 0.1) is 0 Å². The number of amides is 2. The number of hydrogen-bond acceptors (Lipinski definition) is 4. The molecule has 6 nitrogen and oxygen atoms in total. The Balaban J connectivity index is 3.91. The minimum absolute atomic E-state index is 0.00865. The fraction of sp³-hybridized carbons (Fsp3) is 0.727. The van der Waals surface area contributed by atoms with Gasteiger partial charge in [-0.1, -0.05) is 12.2 Å². The lowest BCUT2D eigenvalue weighted by atomic mass is 10.3. The quantitative estimate of drug-likeness (QED) is 0.566. The van der Waals surface area contributed by atoms with Gasteiger partial charge in [-0.25, -0.2) is 0 Å². The van der Waals surface area contributed by atoms with E-state index >= 15 is 0 Å². The molecule has 0 aromatic heterocycles. The Morgan fingerprint density at radius 2 is 1.83 bits per heavy atom. The SMILES string of the molecule is CNC(=O)CCN(C)CC(=O)N(C)CCC(N)=S. The molecule has 0 aliphatic rings. The highest BCUT2D eigenvalue weighted by Crippen LogP contribution is 1.94. The minimum atomic E-state index is -0.0314. The molecule has 0 spiro atoms. The molecule has 0 aliphatic heterocycles. The van der Waals surface area contributed by atoms with Crippen molar-refractivity contribution in [3.8, 4) is 0 Å². The Labute approximate surface area is 113 Å². The zero-order valence-corrected chi connectivity index (χ0v) is 12.0. The molecule has 0 radical (unpaired) electrons. The summed E-state index contributed by atoms with van der Waals surface area (Å²) >= 11 is 4.76. The number of likely N-dealkylation sites (N-methyl/N-ethyl adjacent to an activating group) is 2. The summed E-state index contributed by atoms with van der Waals surface area (Å²) < 4.78 is 0. The summed E-state index contributed by atoms with van der Waals surface area (Å²) in [5, 5.41) is 2.54. The van der Waals surface area contributed by atoms with Crippen LogP contribution in [-0.4, -0.2) is 67.4 Å². The monoisotopic (exact) mass is 274 g/mol. The first-order valence-electron chi connectivity index (χ1n) is 5.78. The number of carbonyl (C=O) groups is 2. The van der Waals surface area contributed by atoms with Crippen LogP contribution in [0.1, 0.15) is 12.8 Å². The molecule has 0 atom stereocenters. The van der Waals surface area contributed by atoms with Crippen molar-refractivity contribution in [1.82, 2.24) is 15.1 Å². The van der Waals surface area contributed by atoms with Gasteiger partial charge in [-0.15, -0.1) is 0 Å². The summed E-state index contributed by atoms with van der Waals surface area (Å²) in [6, 6.07) is 0. The molecule has 7 heteroatoms. The molecule has 0 aromatic carbocycles. The normalized spacial score (nSPS) is 10.2. The number of thiocarbonyl (C=S) groups is 1. The maximum absolute atomic E-state index is 11.8. The molecule has 3 N–H and O–H groups in total. The Kier molecular flexibility index (Phi) is 8.23. The average Bonchev–Trinajstić information content (AvgIpc) is 2.32. The van der Waals surface area contributed by atoms with Crippen molar-refractivity contribution in [1.29, 1.82) is 0 Å².